The number of rotatable bonds is 5. The molecule has 0 bridgehead atoms. The fourth-order valence-corrected chi connectivity index (χ4v) is 3.68. The Morgan fingerprint density at radius 2 is 2.04 bits per heavy atom. The Labute approximate surface area is 161 Å². The van der Waals surface area contributed by atoms with Gasteiger partial charge in [-0.15, -0.1) is 0 Å². The molecule has 0 spiro atoms. The minimum absolute atomic E-state index is 0.117. The van der Waals surface area contributed by atoms with Crippen LogP contribution < -0.4 is 5.32 Å². The van der Waals surface area contributed by atoms with Crippen molar-refractivity contribution in [3.8, 4) is 11.3 Å². The van der Waals surface area contributed by atoms with Crippen LogP contribution in [0.5, 0.6) is 0 Å². The van der Waals surface area contributed by atoms with Crippen LogP contribution in [0.4, 0.5) is 0 Å². The Balaban J connectivity index is 1.79. The van der Waals surface area contributed by atoms with E-state index in [0.29, 0.717) is 12.1 Å². The average Bonchev–Trinajstić information content (AvgIpc) is 3.35. The van der Waals surface area contributed by atoms with E-state index in [1.165, 1.54) is 0 Å². The van der Waals surface area contributed by atoms with Gasteiger partial charge < -0.3 is 5.32 Å². The van der Waals surface area contributed by atoms with Gasteiger partial charge in [-0.05, 0) is 42.3 Å². The van der Waals surface area contributed by atoms with E-state index in [0.717, 1.165) is 27.9 Å². The summed E-state index contributed by atoms with van der Waals surface area (Å²) in [5.41, 5.74) is 4.17. The zero-order valence-electron chi connectivity index (χ0n) is 15.2. The first kappa shape index (κ1) is 17.4. The molecule has 1 amide bonds. The van der Waals surface area contributed by atoms with E-state index >= 15 is 0 Å². The first-order valence-electron chi connectivity index (χ1n) is 8.86. The van der Waals surface area contributed by atoms with Gasteiger partial charge in [-0.2, -0.15) is 16.4 Å². The highest BCUT2D eigenvalue weighted by Gasteiger charge is 2.18. The van der Waals surface area contributed by atoms with Crippen LogP contribution >= 0.6 is 11.3 Å². The SMILES string of the molecule is CC(C)n1ncc2c(C(=O)NCc3ccsc3)cc(-c3ccccc3)nc21. The number of thiophene rings is 1. The maximum Gasteiger partial charge on any atom is 0.252 e. The van der Waals surface area contributed by atoms with E-state index in [9.17, 15) is 4.79 Å². The molecule has 0 fully saturated rings. The van der Waals surface area contributed by atoms with Crippen molar-refractivity contribution >= 4 is 28.3 Å². The van der Waals surface area contributed by atoms with Crippen molar-refractivity contribution in [1.29, 1.82) is 0 Å². The predicted octanol–water partition coefficient (Wildman–Crippen LogP) is 4.67. The predicted molar refractivity (Wildman–Crippen MR) is 109 cm³/mol. The second kappa shape index (κ2) is 7.32. The third-order valence-corrected chi connectivity index (χ3v) is 5.14. The molecule has 0 saturated heterocycles. The van der Waals surface area contributed by atoms with Gasteiger partial charge in [0.05, 0.1) is 22.8 Å². The number of pyridine rings is 1. The number of hydrogen-bond acceptors (Lipinski definition) is 4. The van der Waals surface area contributed by atoms with Crippen LogP contribution in [-0.2, 0) is 6.54 Å². The van der Waals surface area contributed by atoms with Crippen molar-refractivity contribution in [3.05, 3.63) is 70.5 Å². The molecule has 27 heavy (non-hydrogen) atoms. The van der Waals surface area contributed by atoms with Crippen molar-refractivity contribution < 1.29 is 4.79 Å². The van der Waals surface area contributed by atoms with Gasteiger partial charge in [-0.3, -0.25) is 4.79 Å². The van der Waals surface area contributed by atoms with Gasteiger partial charge in [-0.25, -0.2) is 9.67 Å². The highest BCUT2D eigenvalue weighted by molar-refractivity contribution is 7.07. The highest BCUT2D eigenvalue weighted by Crippen LogP contribution is 2.26. The number of carbonyl (C=O) groups excluding carboxylic acids is 1. The minimum atomic E-state index is -0.117. The summed E-state index contributed by atoms with van der Waals surface area (Å²) in [6.07, 6.45) is 1.73. The quantitative estimate of drug-likeness (QED) is 0.551. The summed E-state index contributed by atoms with van der Waals surface area (Å²) in [4.78, 5) is 17.7. The Morgan fingerprint density at radius 1 is 1.22 bits per heavy atom. The minimum Gasteiger partial charge on any atom is -0.348 e. The lowest BCUT2D eigenvalue weighted by molar-refractivity contribution is 0.0952. The lowest BCUT2D eigenvalue weighted by Crippen LogP contribution is -2.23. The largest absolute Gasteiger partial charge is 0.348 e. The number of fused-ring (bicyclic) bond motifs is 1. The van der Waals surface area contributed by atoms with Gasteiger partial charge in [0, 0.05) is 18.2 Å². The van der Waals surface area contributed by atoms with Crippen LogP contribution in [0.3, 0.4) is 0 Å². The van der Waals surface area contributed by atoms with Crippen molar-refractivity contribution in [2.45, 2.75) is 26.4 Å². The van der Waals surface area contributed by atoms with E-state index in [2.05, 4.69) is 24.3 Å². The Morgan fingerprint density at radius 3 is 2.74 bits per heavy atom. The number of nitrogens with one attached hydrogen (secondary N) is 1. The molecular weight excluding hydrogens is 356 g/mol. The van der Waals surface area contributed by atoms with Crippen molar-refractivity contribution in [2.75, 3.05) is 0 Å². The summed E-state index contributed by atoms with van der Waals surface area (Å²) < 4.78 is 1.86. The number of nitrogens with zero attached hydrogens (tertiary/aromatic N) is 3. The summed E-state index contributed by atoms with van der Waals surface area (Å²) in [6, 6.07) is 13.9. The standard InChI is InChI=1S/C21H20N4OS/c1-14(2)25-20-18(12-23-25)17(21(26)22-11-15-8-9-27-13-15)10-19(24-20)16-6-4-3-5-7-16/h3-10,12-14H,11H2,1-2H3,(H,22,26). The normalized spacial score (nSPS) is 11.2. The molecule has 0 radical (unpaired) electrons. The number of amides is 1. The van der Waals surface area contributed by atoms with E-state index < -0.39 is 0 Å². The molecular formula is C21H20N4OS. The van der Waals surface area contributed by atoms with Gasteiger partial charge in [0.25, 0.3) is 5.91 Å². The Bertz CT molecular complexity index is 1070. The molecule has 3 heterocycles. The van der Waals surface area contributed by atoms with Gasteiger partial charge in [0.1, 0.15) is 0 Å². The van der Waals surface area contributed by atoms with Gasteiger partial charge in [0.2, 0.25) is 0 Å². The highest BCUT2D eigenvalue weighted by atomic mass is 32.1. The summed E-state index contributed by atoms with van der Waals surface area (Å²) in [5.74, 6) is -0.117. The molecule has 3 aromatic heterocycles. The van der Waals surface area contributed by atoms with Crippen LogP contribution in [0.1, 0.15) is 35.8 Å². The van der Waals surface area contributed by atoms with Crippen molar-refractivity contribution in [2.24, 2.45) is 0 Å². The van der Waals surface area contributed by atoms with E-state index in [1.54, 1.807) is 17.5 Å². The average molecular weight is 376 g/mol. The zero-order chi connectivity index (χ0) is 18.8. The lowest BCUT2D eigenvalue weighted by Gasteiger charge is -2.11. The molecule has 0 aliphatic rings. The first-order valence-corrected chi connectivity index (χ1v) is 9.80. The van der Waals surface area contributed by atoms with Crippen LogP contribution in [-0.4, -0.2) is 20.7 Å². The maximum atomic E-state index is 12.9. The molecule has 4 aromatic rings. The summed E-state index contributed by atoms with van der Waals surface area (Å²) in [5, 5.41) is 12.3. The molecule has 136 valence electrons. The zero-order valence-corrected chi connectivity index (χ0v) is 16.0. The summed E-state index contributed by atoms with van der Waals surface area (Å²) >= 11 is 1.62. The smallest absolute Gasteiger partial charge is 0.252 e. The van der Waals surface area contributed by atoms with Gasteiger partial charge in [-0.1, -0.05) is 30.3 Å². The second-order valence-corrected chi connectivity index (χ2v) is 7.44. The van der Waals surface area contributed by atoms with Crippen LogP contribution in [0.15, 0.2) is 59.4 Å². The molecule has 0 atom stereocenters. The number of aromatic nitrogens is 3. The Kier molecular flexibility index (Phi) is 4.73. The lowest BCUT2D eigenvalue weighted by atomic mass is 10.1. The fourth-order valence-electron chi connectivity index (χ4n) is 3.01. The molecule has 0 aliphatic carbocycles. The fraction of sp³-hybridized carbons (Fsp3) is 0.190. The molecule has 0 aliphatic heterocycles. The first-order chi connectivity index (χ1) is 13.1. The van der Waals surface area contributed by atoms with Crippen LogP contribution in [0.25, 0.3) is 22.3 Å². The molecule has 1 N–H and O–H groups in total. The molecule has 1 aromatic carbocycles. The van der Waals surface area contributed by atoms with Crippen molar-refractivity contribution in [3.63, 3.8) is 0 Å². The topological polar surface area (TPSA) is 59.8 Å². The molecule has 0 saturated carbocycles. The summed E-state index contributed by atoms with van der Waals surface area (Å²) in [6.45, 7) is 4.62. The number of carbonyl (C=O) groups is 1. The van der Waals surface area contributed by atoms with E-state index in [1.807, 2.05) is 57.9 Å². The third kappa shape index (κ3) is 3.48. The van der Waals surface area contributed by atoms with E-state index in [-0.39, 0.29) is 11.9 Å². The molecule has 6 heteroatoms. The number of benzene rings is 1. The Hall–Kier alpha value is -2.99. The summed E-state index contributed by atoms with van der Waals surface area (Å²) in [7, 11) is 0. The van der Waals surface area contributed by atoms with Crippen LogP contribution in [0, 0.1) is 0 Å². The molecule has 0 unspecified atom stereocenters. The molecule has 4 rings (SSSR count). The third-order valence-electron chi connectivity index (χ3n) is 4.40. The van der Waals surface area contributed by atoms with Gasteiger partial charge in [0.15, 0.2) is 5.65 Å². The van der Waals surface area contributed by atoms with Crippen molar-refractivity contribution in [1.82, 2.24) is 20.1 Å². The van der Waals surface area contributed by atoms with E-state index in [4.69, 9.17) is 4.98 Å². The monoisotopic (exact) mass is 376 g/mol. The maximum absolute atomic E-state index is 12.9. The van der Waals surface area contributed by atoms with Gasteiger partial charge >= 0.3 is 0 Å². The number of hydrogen-bond donors (Lipinski definition) is 1. The second-order valence-electron chi connectivity index (χ2n) is 6.66. The van der Waals surface area contributed by atoms with Crippen LogP contribution in [0.2, 0.25) is 0 Å². The molecule has 5 nitrogen and oxygen atoms in total.